The van der Waals surface area contributed by atoms with Crippen LogP contribution in [-0.4, -0.2) is 15.5 Å². The molecule has 1 aromatic carbocycles. The highest BCUT2D eigenvalue weighted by Gasteiger charge is 2.11. The minimum atomic E-state index is -0.320. The summed E-state index contributed by atoms with van der Waals surface area (Å²) in [6.07, 6.45) is 1.40. The quantitative estimate of drug-likeness (QED) is 0.853. The van der Waals surface area contributed by atoms with Gasteiger partial charge in [0.05, 0.1) is 4.90 Å². The highest BCUT2D eigenvalue weighted by atomic mass is 32.2. The predicted octanol–water partition coefficient (Wildman–Crippen LogP) is 2.95. The fourth-order valence-corrected chi connectivity index (χ4v) is 2.38. The minimum absolute atomic E-state index is 0.0165. The lowest BCUT2D eigenvalue weighted by molar-refractivity contribution is 0.423. The molecule has 0 radical (unpaired) electrons. The molecule has 0 aliphatic heterocycles. The van der Waals surface area contributed by atoms with Crippen LogP contribution in [0, 0.1) is 5.82 Å². The normalized spacial score (nSPS) is 11.6. The van der Waals surface area contributed by atoms with Gasteiger partial charge in [0.1, 0.15) is 5.82 Å². The highest BCUT2D eigenvalue weighted by molar-refractivity contribution is 7.99. The average Bonchev–Trinajstić information content (AvgIpc) is 2.38. The lowest BCUT2D eigenvalue weighted by Crippen LogP contribution is -2.35. The third-order valence-electron chi connectivity index (χ3n) is 2.67. The van der Waals surface area contributed by atoms with E-state index in [1.54, 1.807) is 6.07 Å². The molecule has 0 aliphatic carbocycles. The highest BCUT2D eigenvalue weighted by Crippen LogP contribution is 2.27. The molecule has 6 heteroatoms. The van der Waals surface area contributed by atoms with Crippen LogP contribution >= 0.6 is 11.8 Å². The number of nitrogens with zero attached hydrogens (tertiary/aromatic N) is 1. The molecule has 0 fully saturated rings. The van der Waals surface area contributed by atoms with E-state index in [0.717, 1.165) is 17.3 Å². The maximum Gasteiger partial charge on any atom is 0.251 e. The standard InChI is InChI=1S/C15H18FN3OS/c1-15(2,3)18-9-10-4-5-12(11(16)8-10)21-14-17-7-6-13(20)19-14/h4-8,18H,9H2,1-3H3,(H,17,19,20). The van der Waals surface area contributed by atoms with Crippen molar-refractivity contribution in [2.45, 2.75) is 42.9 Å². The third-order valence-corrected chi connectivity index (χ3v) is 3.63. The Kier molecular flexibility index (Phi) is 4.80. The van der Waals surface area contributed by atoms with Gasteiger partial charge in [-0.3, -0.25) is 4.79 Å². The van der Waals surface area contributed by atoms with Gasteiger partial charge in [-0.15, -0.1) is 0 Å². The summed E-state index contributed by atoms with van der Waals surface area (Å²) in [4.78, 5) is 18.2. The maximum atomic E-state index is 14.1. The van der Waals surface area contributed by atoms with E-state index in [2.05, 4.69) is 36.1 Å². The molecule has 0 spiro atoms. The molecule has 1 heterocycles. The van der Waals surface area contributed by atoms with Crippen molar-refractivity contribution in [2.75, 3.05) is 0 Å². The molecule has 2 aromatic rings. The smallest absolute Gasteiger partial charge is 0.251 e. The number of aromatic amines is 1. The van der Waals surface area contributed by atoms with Crippen molar-refractivity contribution < 1.29 is 4.39 Å². The summed E-state index contributed by atoms with van der Waals surface area (Å²) in [5, 5.41) is 3.69. The van der Waals surface area contributed by atoms with Crippen molar-refractivity contribution in [2.24, 2.45) is 0 Å². The first kappa shape index (κ1) is 15.7. The van der Waals surface area contributed by atoms with E-state index in [1.807, 2.05) is 6.07 Å². The number of H-pyrrole nitrogens is 1. The Morgan fingerprint density at radius 3 is 2.71 bits per heavy atom. The summed E-state index contributed by atoms with van der Waals surface area (Å²) in [5.74, 6) is -0.320. The van der Waals surface area contributed by atoms with Gasteiger partial charge in [0, 0.05) is 24.3 Å². The Labute approximate surface area is 127 Å². The number of rotatable bonds is 4. The number of halogens is 1. The van der Waals surface area contributed by atoms with Crippen molar-refractivity contribution in [1.29, 1.82) is 0 Å². The molecule has 0 bridgehead atoms. The van der Waals surface area contributed by atoms with Crippen LogP contribution in [-0.2, 0) is 6.54 Å². The van der Waals surface area contributed by atoms with E-state index >= 15 is 0 Å². The van der Waals surface area contributed by atoms with Crippen LogP contribution in [0.2, 0.25) is 0 Å². The van der Waals surface area contributed by atoms with E-state index in [0.29, 0.717) is 16.6 Å². The summed E-state index contributed by atoms with van der Waals surface area (Å²) in [5.41, 5.74) is 0.609. The molecule has 4 nitrogen and oxygen atoms in total. The van der Waals surface area contributed by atoms with Gasteiger partial charge in [-0.1, -0.05) is 6.07 Å². The number of hydrogen-bond acceptors (Lipinski definition) is 4. The van der Waals surface area contributed by atoms with Gasteiger partial charge < -0.3 is 10.3 Å². The summed E-state index contributed by atoms with van der Waals surface area (Å²) in [6, 6.07) is 6.39. The molecule has 1 aromatic heterocycles. The largest absolute Gasteiger partial charge is 0.308 e. The van der Waals surface area contributed by atoms with Crippen LogP contribution in [0.4, 0.5) is 4.39 Å². The Bertz CT molecular complexity index is 679. The van der Waals surface area contributed by atoms with Crippen molar-refractivity contribution in [3.63, 3.8) is 0 Å². The number of nitrogens with one attached hydrogen (secondary N) is 2. The lowest BCUT2D eigenvalue weighted by Gasteiger charge is -2.20. The van der Waals surface area contributed by atoms with Crippen LogP contribution in [0.3, 0.4) is 0 Å². The van der Waals surface area contributed by atoms with E-state index in [-0.39, 0.29) is 16.9 Å². The van der Waals surface area contributed by atoms with E-state index < -0.39 is 0 Å². The summed E-state index contributed by atoms with van der Waals surface area (Å²) >= 11 is 1.10. The van der Waals surface area contributed by atoms with Gasteiger partial charge >= 0.3 is 0 Å². The van der Waals surface area contributed by atoms with Crippen LogP contribution in [0.1, 0.15) is 26.3 Å². The molecule has 112 valence electrons. The molecule has 2 rings (SSSR count). The lowest BCUT2D eigenvalue weighted by atomic mass is 10.1. The van der Waals surface area contributed by atoms with Gasteiger partial charge in [-0.2, -0.15) is 0 Å². The van der Waals surface area contributed by atoms with Gasteiger partial charge in [0.25, 0.3) is 5.56 Å². The van der Waals surface area contributed by atoms with E-state index in [4.69, 9.17) is 0 Å². The van der Waals surface area contributed by atoms with Gasteiger partial charge in [-0.05, 0) is 50.2 Å². The van der Waals surface area contributed by atoms with Gasteiger partial charge in [0.15, 0.2) is 5.16 Å². The first-order valence-corrected chi connectivity index (χ1v) is 7.42. The second-order valence-electron chi connectivity index (χ2n) is 5.71. The van der Waals surface area contributed by atoms with Crippen LogP contribution < -0.4 is 10.9 Å². The van der Waals surface area contributed by atoms with E-state index in [9.17, 15) is 9.18 Å². The van der Waals surface area contributed by atoms with Crippen LogP contribution in [0.15, 0.2) is 45.3 Å². The Morgan fingerprint density at radius 2 is 2.10 bits per heavy atom. The zero-order chi connectivity index (χ0) is 15.5. The molecule has 21 heavy (non-hydrogen) atoms. The fraction of sp³-hybridized carbons (Fsp3) is 0.333. The molecule has 0 amide bonds. The molecule has 0 saturated carbocycles. The Hall–Kier alpha value is -1.66. The number of aromatic nitrogens is 2. The topological polar surface area (TPSA) is 57.8 Å². The second-order valence-corrected chi connectivity index (χ2v) is 6.74. The first-order chi connectivity index (χ1) is 9.83. The van der Waals surface area contributed by atoms with Crippen molar-refractivity contribution in [3.8, 4) is 0 Å². The SMILES string of the molecule is CC(C)(C)NCc1ccc(Sc2nccc(=O)[nH]2)c(F)c1. The maximum absolute atomic E-state index is 14.1. The van der Waals surface area contributed by atoms with Crippen molar-refractivity contribution in [3.05, 3.63) is 52.2 Å². The predicted molar refractivity (Wildman–Crippen MR) is 82.0 cm³/mol. The van der Waals surface area contributed by atoms with Crippen LogP contribution in [0.5, 0.6) is 0 Å². The second kappa shape index (κ2) is 6.41. The average molecular weight is 307 g/mol. The zero-order valence-electron chi connectivity index (χ0n) is 12.2. The Balaban J connectivity index is 2.10. The Morgan fingerprint density at radius 1 is 1.33 bits per heavy atom. The molecule has 0 atom stereocenters. The van der Waals surface area contributed by atoms with Gasteiger partial charge in [0.2, 0.25) is 0 Å². The third kappa shape index (κ3) is 4.99. The summed E-state index contributed by atoms with van der Waals surface area (Å²) in [6.45, 7) is 6.78. The minimum Gasteiger partial charge on any atom is -0.308 e. The van der Waals surface area contributed by atoms with E-state index in [1.165, 1.54) is 18.3 Å². The number of hydrogen-bond donors (Lipinski definition) is 2. The van der Waals surface area contributed by atoms with Gasteiger partial charge in [-0.25, -0.2) is 9.37 Å². The monoisotopic (exact) mass is 307 g/mol. The molecule has 2 N–H and O–H groups in total. The molecule has 0 saturated heterocycles. The van der Waals surface area contributed by atoms with Crippen LogP contribution in [0.25, 0.3) is 0 Å². The summed E-state index contributed by atoms with van der Waals surface area (Å²) in [7, 11) is 0. The molecular formula is C15H18FN3OS. The van der Waals surface area contributed by atoms with Crippen molar-refractivity contribution in [1.82, 2.24) is 15.3 Å². The number of benzene rings is 1. The summed E-state index contributed by atoms with van der Waals surface area (Å²) < 4.78 is 14.1. The zero-order valence-corrected chi connectivity index (χ0v) is 13.1. The first-order valence-electron chi connectivity index (χ1n) is 6.60. The molecular weight excluding hydrogens is 289 g/mol. The van der Waals surface area contributed by atoms with Crippen molar-refractivity contribution >= 4 is 11.8 Å². The molecule has 0 unspecified atom stereocenters. The molecule has 0 aliphatic rings. The fourth-order valence-electron chi connectivity index (χ4n) is 1.61.